The second-order valence-electron chi connectivity index (χ2n) is 5.02. The van der Waals surface area contributed by atoms with Crippen LogP contribution in [-0.2, 0) is 11.2 Å². The number of benzene rings is 1. The Hall–Kier alpha value is -2.28. The number of carbonyl (C=O) groups is 2. The van der Waals surface area contributed by atoms with E-state index >= 15 is 0 Å². The van der Waals surface area contributed by atoms with Crippen molar-refractivity contribution in [3.05, 3.63) is 40.9 Å². The number of hydrogen-bond donors (Lipinski definition) is 2. The molecule has 23 heavy (non-hydrogen) atoms. The molecule has 0 aliphatic carbocycles. The summed E-state index contributed by atoms with van der Waals surface area (Å²) in [6.45, 7) is 2.40. The Bertz CT molecular complexity index is 643. The highest BCUT2D eigenvalue weighted by molar-refractivity contribution is 7.15. The van der Waals surface area contributed by atoms with Crippen molar-refractivity contribution in [2.75, 3.05) is 11.9 Å². The molecule has 0 unspecified atom stereocenters. The molecule has 0 radical (unpaired) electrons. The van der Waals surface area contributed by atoms with Crippen molar-refractivity contribution >= 4 is 28.3 Å². The number of hydrogen-bond acceptors (Lipinski definition) is 5. The molecule has 2 amide bonds. The van der Waals surface area contributed by atoms with Crippen LogP contribution in [0.25, 0.3) is 0 Å². The average molecular weight is 332 g/mol. The molecule has 2 rings (SSSR count). The monoisotopic (exact) mass is 332 g/mol. The molecule has 7 heteroatoms. The number of anilines is 1. The summed E-state index contributed by atoms with van der Waals surface area (Å²) in [5.41, 5.74) is 0.581. The Morgan fingerprint density at radius 2 is 1.96 bits per heavy atom. The number of carbonyl (C=O) groups excluding carboxylic acids is 2. The topological polar surface area (TPSA) is 84.0 Å². The van der Waals surface area contributed by atoms with Crippen molar-refractivity contribution in [1.82, 2.24) is 15.5 Å². The Kier molecular flexibility index (Phi) is 6.68. The number of aromatic nitrogens is 2. The van der Waals surface area contributed by atoms with Crippen LogP contribution in [-0.4, -0.2) is 28.6 Å². The molecule has 1 heterocycles. The van der Waals surface area contributed by atoms with Gasteiger partial charge in [-0.15, -0.1) is 10.2 Å². The van der Waals surface area contributed by atoms with Gasteiger partial charge in [0.15, 0.2) is 0 Å². The van der Waals surface area contributed by atoms with Gasteiger partial charge in [-0.1, -0.05) is 42.9 Å². The minimum absolute atomic E-state index is 0.184. The second-order valence-corrected chi connectivity index (χ2v) is 6.09. The van der Waals surface area contributed by atoms with Crippen LogP contribution in [0.4, 0.5) is 5.13 Å². The molecule has 0 spiro atoms. The molecule has 1 aromatic heterocycles. The molecule has 0 saturated carbocycles. The summed E-state index contributed by atoms with van der Waals surface area (Å²) < 4.78 is 0. The number of rotatable bonds is 8. The van der Waals surface area contributed by atoms with E-state index < -0.39 is 0 Å². The standard InChI is InChI=1S/C16H20N4O2S/c1-2-3-9-14-19-20-16(23-14)18-13(21)10-11-17-15(22)12-7-5-4-6-8-12/h4-8H,2-3,9-11H2,1H3,(H,17,22)(H,18,20,21). The van der Waals surface area contributed by atoms with E-state index in [0.29, 0.717) is 10.7 Å². The van der Waals surface area contributed by atoms with Crippen LogP contribution in [0, 0.1) is 0 Å². The third-order valence-corrected chi connectivity index (χ3v) is 4.03. The minimum atomic E-state index is -0.184. The Morgan fingerprint density at radius 1 is 1.17 bits per heavy atom. The van der Waals surface area contributed by atoms with Gasteiger partial charge < -0.3 is 10.6 Å². The van der Waals surface area contributed by atoms with Gasteiger partial charge in [-0.05, 0) is 18.6 Å². The van der Waals surface area contributed by atoms with E-state index in [2.05, 4.69) is 27.8 Å². The van der Waals surface area contributed by atoms with Crippen LogP contribution < -0.4 is 10.6 Å². The maximum absolute atomic E-state index is 11.8. The van der Waals surface area contributed by atoms with Gasteiger partial charge in [0, 0.05) is 24.9 Å². The van der Waals surface area contributed by atoms with E-state index in [1.807, 2.05) is 6.07 Å². The SMILES string of the molecule is CCCCc1nnc(NC(=O)CCNC(=O)c2ccccc2)s1. The van der Waals surface area contributed by atoms with E-state index in [1.165, 1.54) is 11.3 Å². The Morgan fingerprint density at radius 3 is 2.70 bits per heavy atom. The van der Waals surface area contributed by atoms with E-state index in [9.17, 15) is 9.59 Å². The van der Waals surface area contributed by atoms with Crippen molar-refractivity contribution < 1.29 is 9.59 Å². The molecule has 2 aromatic rings. The molecule has 0 fully saturated rings. The summed E-state index contributed by atoms with van der Waals surface area (Å²) in [6, 6.07) is 8.91. The van der Waals surface area contributed by atoms with Crippen LogP contribution in [0.2, 0.25) is 0 Å². The van der Waals surface area contributed by atoms with Gasteiger partial charge in [0.2, 0.25) is 11.0 Å². The summed E-state index contributed by atoms with van der Waals surface area (Å²) in [4.78, 5) is 23.7. The highest BCUT2D eigenvalue weighted by Crippen LogP contribution is 2.17. The van der Waals surface area contributed by atoms with Gasteiger partial charge in [0.05, 0.1) is 0 Å². The number of aryl methyl sites for hydroxylation is 1. The zero-order valence-corrected chi connectivity index (χ0v) is 13.9. The fourth-order valence-corrected chi connectivity index (χ4v) is 2.69. The van der Waals surface area contributed by atoms with Crippen molar-refractivity contribution in [2.45, 2.75) is 32.6 Å². The van der Waals surface area contributed by atoms with Crippen LogP contribution in [0.1, 0.15) is 41.6 Å². The van der Waals surface area contributed by atoms with Crippen LogP contribution in [0.15, 0.2) is 30.3 Å². The first-order valence-electron chi connectivity index (χ1n) is 7.64. The average Bonchev–Trinajstić information content (AvgIpc) is 3.01. The Labute approximate surface area is 139 Å². The lowest BCUT2D eigenvalue weighted by molar-refractivity contribution is -0.116. The molecule has 6 nitrogen and oxygen atoms in total. The predicted octanol–water partition coefficient (Wildman–Crippen LogP) is 2.64. The van der Waals surface area contributed by atoms with E-state index in [-0.39, 0.29) is 24.8 Å². The third-order valence-electron chi connectivity index (χ3n) is 3.13. The first-order chi connectivity index (χ1) is 11.2. The van der Waals surface area contributed by atoms with E-state index in [1.54, 1.807) is 24.3 Å². The molecule has 1 aromatic carbocycles. The van der Waals surface area contributed by atoms with Crippen molar-refractivity contribution in [1.29, 1.82) is 0 Å². The van der Waals surface area contributed by atoms with Crippen LogP contribution >= 0.6 is 11.3 Å². The summed E-state index contributed by atoms with van der Waals surface area (Å²) in [7, 11) is 0. The first kappa shape index (κ1) is 17.1. The normalized spacial score (nSPS) is 10.3. The number of unbranched alkanes of at least 4 members (excludes halogenated alkanes) is 1. The van der Waals surface area contributed by atoms with Crippen molar-refractivity contribution in [3.8, 4) is 0 Å². The summed E-state index contributed by atoms with van der Waals surface area (Å²) in [5.74, 6) is -0.368. The number of nitrogens with zero attached hydrogens (tertiary/aromatic N) is 2. The van der Waals surface area contributed by atoms with Gasteiger partial charge in [-0.3, -0.25) is 9.59 Å². The quantitative estimate of drug-likeness (QED) is 0.778. The van der Waals surface area contributed by atoms with Gasteiger partial charge in [0.25, 0.3) is 5.91 Å². The predicted molar refractivity (Wildman–Crippen MR) is 90.5 cm³/mol. The molecule has 0 aliphatic heterocycles. The van der Waals surface area contributed by atoms with E-state index in [0.717, 1.165) is 24.3 Å². The second kappa shape index (κ2) is 8.99. The third kappa shape index (κ3) is 5.78. The highest BCUT2D eigenvalue weighted by Gasteiger charge is 2.09. The fourth-order valence-electron chi connectivity index (χ4n) is 1.90. The molecule has 2 N–H and O–H groups in total. The lowest BCUT2D eigenvalue weighted by Gasteiger charge is -2.04. The zero-order chi connectivity index (χ0) is 16.5. The first-order valence-corrected chi connectivity index (χ1v) is 8.46. The van der Waals surface area contributed by atoms with Crippen LogP contribution in [0.3, 0.4) is 0 Å². The van der Waals surface area contributed by atoms with Crippen molar-refractivity contribution in [2.24, 2.45) is 0 Å². The van der Waals surface area contributed by atoms with E-state index in [4.69, 9.17) is 0 Å². The smallest absolute Gasteiger partial charge is 0.251 e. The summed E-state index contributed by atoms with van der Waals surface area (Å²) in [6.07, 6.45) is 3.25. The zero-order valence-electron chi connectivity index (χ0n) is 13.0. The van der Waals surface area contributed by atoms with Gasteiger partial charge in [-0.25, -0.2) is 0 Å². The van der Waals surface area contributed by atoms with Crippen molar-refractivity contribution in [3.63, 3.8) is 0 Å². The molecule has 0 aliphatic rings. The molecule has 0 atom stereocenters. The van der Waals surface area contributed by atoms with Gasteiger partial charge in [0.1, 0.15) is 5.01 Å². The highest BCUT2D eigenvalue weighted by atomic mass is 32.1. The van der Waals surface area contributed by atoms with Gasteiger partial charge in [-0.2, -0.15) is 0 Å². The lowest BCUT2D eigenvalue weighted by atomic mass is 10.2. The molecule has 0 bridgehead atoms. The van der Waals surface area contributed by atoms with Crippen LogP contribution in [0.5, 0.6) is 0 Å². The molecular formula is C16H20N4O2S. The van der Waals surface area contributed by atoms with Gasteiger partial charge >= 0.3 is 0 Å². The maximum Gasteiger partial charge on any atom is 0.251 e. The minimum Gasteiger partial charge on any atom is -0.352 e. The summed E-state index contributed by atoms with van der Waals surface area (Å²) in [5, 5.41) is 14.9. The fraction of sp³-hybridized carbons (Fsp3) is 0.375. The summed E-state index contributed by atoms with van der Waals surface area (Å²) >= 11 is 1.40. The molecule has 122 valence electrons. The number of amides is 2. The Balaban J connectivity index is 1.71. The number of nitrogens with one attached hydrogen (secondary N) is 2. The largest absolute Gasteiger partial charge is 0.352 e. The maximum atomic E-state index is 11.8. The molecule has 0 saturated heterocycles. The lowest BCUT2D eigenvalue weighted by Crippen LogP contribution is -2.27. The molecular weight excluding hydrogens is 312 g/mol.